The molecule has 0 unspecified atom stereocenters. The molecule has 3 rings (SSSR count). The minimum absolute atomic E-state index is 0.652. The summed E-state index contributed by atoms with van der Waals surface area (Å²) < 4.78 is 0. The second-order valence-corrected chi connectivity index (χ2v) is 6.18. The van der Waals surface area contributed by atoms with E-state index in [-0.39, 0.29) is 0 Å². The van der Waals surface area contributed by atoms with Gasteiger partial charge in [-0.15, -0.1) is 0 Å². The van der Waals surface area contributed by atoms with E-state index in [4.69, 9.17) is 11.6 Å². The summed E-state index contributed by atoms with van der Waals surface area (Å²) in [5, 5.41) is 5.64. The molecule has 2 N–H and O–H groups in total. The molecular formula is C16H21ClN2. The number of hydrogen-bond donors (Lipinski definition) is 2. The second-order valence-electron chi connectivity index (χ2n) is 5.80. The van der Waals surface area contributed by atoms with Crippen LogP contribution in [0.3, 0.4) is 0 Å². The van der Waals surface area contributed by atoms with Gasteiger partial charge in [-0.2, -0.15) is 0 Å². The van der Waals surface area contributed by atoms with E-state index >= 15 is 0 Å². The average molecular weight is 277 g/mol. The summed E-state index contributed by atoms with van der Waals surface area (Å²) in [6.45, 7) is 3.19. The maximum atomic E-state index is 6.43. The Morgan fingerprint density at radius 2 is 1.95 bits per heavy atom. The Hall–Kier alpha value is -0.990. The standard InChI is InChI=1S/C16H21ClN2/c1-11-6-8-12(9-7-11)18-10-15-16(17)13-4-2-3-5-14(13)19-15/h2-5,11-12,18-19H,6-10H2,1H3. The summed E-state index contributed by atoms with van der Waals surface area (Å²) in [6, 6.07) is 8.86. The van der Waals surface area contributed by atoms with Crippen molar-refractivity contribution in [2.75, 3.05) is 0 Å². The Bertz CT molecular complexity index is 553. The van der Waals surface area contributed by atoms with Crippen molar-refractivity contribution in [1.82, 2.24) is 10.3 Å². The zero-order valence-electron chi connectivity index (χ0n) is 11.4. The molecule has 2 aromatic rings. The van der Waals surface area contributed by atoms with E-state index in [0.717, 1.165) is 34.1 Å². The van der Waals surface area contributed by atoms with Gasteiger partial charge in [0.2, 0.25) is 0 Å². The first kappa shape index (κ1) is 13.0. The number of halogens is 1. The van der Waals surface area contributed by atoms with Gasteiger partial charge in [-0.1, -0.05) is 36.7 Å². The molecule has 1 aliphatic rings. The number of benzene rings is 1. The van der Waals surface area contributed by atoms with E-state index in [9.17, 15) is 0 Å². The average Bonchev–Trinajstić information content (AvgIpc) is 2.76. The highest BCUT2D eigenvalue weighted by atomic mass is 35.5. The van der Waals surface area contributed by atoms with Gasteiger partial charge in [0.25, 0.3) is 0 Å². The van der Waals surface area contributed by atoms with Crippen LogP contribution in [0.2, 0.25) is 5.02 Å². The van der Waals surface area contributed by atoms with Gasteiger partial charge in [-0.25, -0.2) is 0 Å². The topological polar surface area (TPSA) is 27.8 Å². The van der Waals surface area contributed by atoms with Crippen LogP contribution < -0.4 is 5.32 Å². The fourth-order valence-electron chi connectivity index (χ4n) is 3.00. The van der Waals surface area contributed by atoms with Gasteiger partial charge in [0.1, 0.15) is 0 Å². The third-order valence-corrected chi connectivity index (χ3v) is 4.73. The molecule has 1 aromatic heterocycles. The quantitative estimate of drug-likeness (QED) is 0.849. The smallest absolute Gasteiger partial charge is 0.0705 e. The van der Waals surface area contributed by atoms with E-state index < -0.39 is 0 Å². The zero-order chi connectivity index (χ0) is 13.2. The van der Waals surface area contributed by atoms with Gasteiger partial charge < -0.3 is 10.3 Å². The van der Waals surface area contributed by atoms with E-state index in [0.29, 0.717) is 6.04 Å². The Morgan fingerprint density at radius 1 is 1.21 bits per heavy atom. The number of aromatic amines is 1. The van der Waals surface area contributed by atoms with Crippen molar-refractivity contribution >= 4 is 22.5 Å². The van der Waals surface area contributed by atoms with Gasteiger partial charge in [-0.05, 0) is 37.7 Å². The molecule has 1 aliphatic carbocycles. The lowest BCUT2D eigenvalue weighted by Gasteiger charge is -2.26. The molecule has 0 spiro atoms. The second kappa shape index (κ2) is 5.56. The highest BCUT2D eigenvalue weighted by Crippen LogP contribution is 2.28. The van der Waals surface area contributed by atoms with Crippen LogP contribution in [0.15, 0.2) is 24.3 Å². The third kappa shape index (κ3) is 2.80. The normalized spacial score (nSPS) is 23.9. The molecule has 102 valence electrons. The van der Waals surface area contributed by atoms with Crippen LogP contribution in [0.1, 0.15) is 38.3 Å². The van der Waals surface area contributed by atoms with E-state index in [1.165, 1.54) is 25.7 Å². The molecule has 1 fully saturated rings. The molecule has 0 radical (unpaired) electrons. The number of fused-ring (bicyclic) bond motifs is 1. The first-order chi connectivity index (χ1) is 9.24. The lowest BCUT2D eigenvalue weighted by molar-refractivity contribution is 0.306. The van der Waals surface area contributed by atoms with Crippen molar-refractivity contribution in [2.24, 2.45) is 5.92 Å². The van der Waals surface area contributed by atoms with Crippen molar-refractivity contribution in [3.8, 4) is 0 Å². The van der Waals surface area contributed by atoms with Gasteiger partial charge in [-0.3, -0.25) is 0 Å². The van der Waals surface area contributed by atoms with Crippen LogP contribution in [0.5, 0.6) is 0 Å². The Morgan fingerprint density at radius 3 is 2.68 bits per heavy atom. The minimum atomic E-state index is 0.652. The van der Waals surface area contributed by atoms with Crippen LogP contribution in [0.4, 0.5) is 0 Å². The molecule has 1 heterocycles. The van der Waals surface area contributed by atoms with Crippen LogP contribution in [-0.4, -0.2) is 11.0 Å². The minimum Gasteiger partial charge on any atom is -0.356 e. The molecule has 1 aromatic carbocycles. The van der Waals surface area contributed by atoms with Gasteiger partial charge in [0, 0.05) is 29.2 Å². The lowest BCUT2D eigenvalue weighted by Crippen LogP contribution is -2.32. The first-order valence-corrected chi connectivity index (χ1v) is 7.60. The molecule has 0 aliphatic heterocycles. The highest BCUT2D eigenvalue weighted by Gasteiger charge is 2.18. The number of nitrogens with one attached hydrogen (secondary N) is 2. The predicted molar refractivity (Wildman–Crippen MR) is 81.6 cm³/mol. The molecule has 1 saturated carbocycles. The molecule has 2 nitrogen and oxygen atoms in total. The first-order valence-electron chi connectivity index (χ1n) is 7.22. The number of aromatic nitrogens is 1. The molecule has 3 heteroatoms. The van der Waals surface area contributed by atoms with Crippen molar-refractivity contribution in [2.45, 2.75) is 45.2 Å². The molecule has 0 bridgehead atoms. The van der Waals surface area contributed by atoms with Crippen molar-refractivity contribution < 1.29 is 0 Å². The maximum absolute atomic E-state index is 6.43. The Balaban J connectivity index is 1.67. The highest BCUT2D eigenvalue weighted by molar-refractivity contribution is 6.36. The largest absolute Gasteiger partial charge is 0.356 e. The third-order valence-electron chi connectivity index (χ3n) is 4.30. The lowest BCUT2D eigenvalue weighted by atomic mass is 9.87. The number of rotatable bonds is 3. The van der Waals surface area contributed by atoms with E-state index in [1.807, 2.05) is 12.1 Å². The maximum Gasteiger partial charge on any atom is 0.0705 e. The summed E-state index contributed by atoms with van der Waals surface area (Å²) in [7, 11) is 0. The molecular weight excluding hydrogens is 256 g/mol. The number of hydrogen-bond acceptors (Lipinski definition) is 1. The van der Waals surface area contributed by atoms with Crippen LogP contribution >= 0.6 is 11.6 Å². The SMILES string of the molecule is CC1CCC(NCc2[nH]c3ccccc3c2Cl)CC1. The van der Waals surface area contributed by atoms with Crippen LogP contribution in [0, 0.1) is 5.92 Å². The van der Waals surface area contributed by atoms with Crippen LogP contribution in [0.25, 0.3) is 10.9 Å². The molecule has 0 saturated heterocycles. The zero-order valence-corrected chi connectivity index (χ0v) is 12.1. The van der Waals surface area contributed by atoms with Crippen molar-refractivity contribution in [3.63, 3.8) is 0 Å². The van der Waals surface area contributed by atoms with Gasteiger partial charge in [0.05, 0.1) is 5.02 Å². The van der Waals surface area contributed by atoms with Crippen LogP contribution in [-0.2, 0) is 6.54 Å². The van der Waals surface area contributed by atoms with Gasteiger partial charge >= 0.3 is 0 Å². The predicted octanol–water partition coefficient (Wildman–Crippen LogP) is 4.49. The number of H-pyrrole nitrogens is 1. The summed E-state index contributed by atoms with van der Waals surface area (Å²) in [5.41, 5.74) is 2.24. The fourth-order valence-corrected chi connectivity index (χ4v) is 3.27. The summed E-state index contributed by atoms with van der Waals surface area (Å²) in [6.07, 6.45) is 5.27. The summed E-state index contributed by atoms with van der Waals surface area (Å²) >= 11 is 6.43. The molecule has 0 amide bonds. The molecule has 19 heavy (non-hydrogen) atoms. The monoisotopic (exact) mass is 276 g/mol. The summed E-state index contributed by atoms with van der Waals surface area (Å²) in [4.78, 5) is 3.42. The van der Waals surface area contributed by atoms with E-state index in [1.54, 1.807) is 0 Å². The van der Waals surface area contributed by atoms with Crippen molar-refractivity contribution in [1.29, 1.82) is 0 Å². The van der Waals surface area contributed by atoms with E-state index in [2.05, 4.69) is 29.4 Å². The summed E-state index contributed by atoms with van der Waals surface area (Å²) in [5.74, 6) is 0.898. The Labute approximate surface area is 119 Å². The molecule has 0 atom stereocenters. The Kier molecular flexibility index (Phi) is 3.81. The fraction of sp³-hybridized carbons (Fsp3) is 0.500. The van der Waals surface area contributed by atoms with Crippen molar-refractivity contribution in [3.05, 3.63) is 35.0 Å². The van der Waals surface area contributed by atoms with Gasteiger partial charge in [0.15, 0.2) is 0 Å². The number of para-hydroxylation sites is 1.